The highest BCUT2D eigenvalue weighted by molar-refractivity contribution is 7.89. The number of nitro groups is 1. The van der Waals surface area contributed by atoms with E-state index in [2.05, 4.69) is 5.32 Å². The molecule has 2 aromatic rings. The van der Waals surface area contributed by atoms with Crippen LogP contribution in [-0.4, -0.2) is 62.9 Å². The third-order valence-electron chi connectivity index (χ3n) is 5.48. The van der Waals surface area contributed by atoms with Crippen LogP contribution in [0.15, 0.2) is 47.4 Å². The number of nitrogens with zero attached hydrogens (tertiary/aromatic N) is 3. The average Bonchev–Trinajstić information content (AvgIpc) is 2.80. The van der Waals surface area contributed by atoms with Crippen LogP contribution in [0.25, 0.3) is 0 Å². The minimum atomic E-state index is -3.73. The van der Waals surface area contributed by atoms with Crippen LogP contribution >= 0.6 is 0 Å². The van der Waals surface area contributed by atoms with E-state index in [0.717, 1.165) is 0 Å². The van der Waals surface area contributed by atoms with E-state index in [1.54, 1.807) is 26.0 Å². The first-order chi connectivity index (χ1) is 15.8. The van der Waals surface area contributed by atoms with Crippen LogP contribution in [0.1, 0.15) is 19.4 Å². The molecule has 1 fully saturated rings. The predicted octanol–water partition coefficient (Wildman–Crippen LogP) is 2.64. The van der Waals surface area contributed by atoms with Gasteiger partial charge < -0.3 is 15.0 Å². The van der Waals surface area contributed by atoms with Gasteiger partial charge in [-0.05, 0) is 18.2 Å². The first-order valence-electron chi connectivity index (χ1n) is 10.8. The van der Waals surface area contributed by atoms with Crippen molar-refractivity contribution in [3.63, 3.8) is 0 Å². The lowest BCUT2D eigenvalue weighted by Crippen LogP contribution is -2.37. The number of carbonyl (C=O) groups excluding carboxylic acids is 1. The Morgan fingerprint density at radius 3 is 2.45 bits per heavy atom. The molecular formula is C22H28N4O6S. The van der Waals surface area contributed by atoms with E-state index >= 15 is 0 Å². The van der Waals surface area contributed by atoms with Gasteiger partial charge in [-0.1, -0.05) is 32.0 Å². The van der Waals surface area contributed by atoms with Crippen molar-refractivity contribution in [2.45, 2.75) is 25.2 Å². The molecule has 0 radical (unpaired) electrons. The molecule has 3 rings (SSSR count). The molecule has 178 valence electrons. The fourth-order valence-corrected chi connectivity index (χ4v) is 5.26. The highest BCUT2D eigenvalue weighted by atomic mass is 32.2. The third kappa shape index (κ3) is 5.67. The molecule has 0 saturated carbocycles. The number of hydrogen-bond donors (Lipinski definition) is 1. The molecule has 1 heterocycles. The lowest BCUT2D eigenvalue weighted by atomic mass is 10.1. The maximum absolute atomic E-state index is 13.0. The van der Waals surface area contributed by atoms with E-state index in [-0.39, 0.29) is 22.6 Å². The Labute approximate surface area is 193 Å². The summed E-state index contributed by atoms with van der Waals surface area (Å²) in [7, 11) is -3.73. The number of amides is 1. The molecule has 0 aromatic heterocycles. The Hall–Kier alpha value is -3.02. The second kappa shape index (κ2) is 10.7. The van der Waals surface area contributed by atoms with Crippen LogP contribution in [-0.2, 0) is 26.0 Å². The van der Waals surface area contributed by atoms with Crippen LogP contribution in [0.4, 0.5) is 17.1 Å². The summed E-state index contributed by atoms with van der Waals surface area (Å²) in [5.41, 5.74) is 1.15. The number of para-hydroxylation sites is 1. The third-order valence-corrected chi connectivity index (χ3v) is 7.52. The number of carbonyl (C=O) groups is 1. The summed E-state index contributed by atoms with van der Waals surface area (Å²) in [6, 6.07) is 10.7. The largest absolute Gasteiger partial charge is 0.378 e. The van der Waals surface area contributed by atoms with Crippen molar-refractivity contribution in [2.24, 2.45) is 0 Å². The van der Waals surface area contributed by atoms with Gasteiger partial charge >= 0.3 is 0 Å². The molecule has 33 heavy (non-hydrogen) atoms. The Kier molecular flexibility index (Phi) is 8.01. The number of benzene rings is 2. The van der Waals surface area contributed by atoms with Crippen molar-refractivity contribution in [1.29, 1.82) is 0 Å². The molecule has 1 saturated heterocycles. The molecule has 1 aliphatic rings. The fourth-order valence-electron chi connectivity index (χ4n) is 3.77. The van der Waals surface area contributed by atoms with Crippen molar-refractivity contribution in [3.05, 3.63) is 58.1 Å². The van der Waals surface area contributed by atoms with Crippen LogP contribution in [0.2, 0.25) is 0 Å². The lowest BCUT2D eigenvalue weighted by molar-refractivity contribution is -0.385. The summed E-state index contributed by atoms with van der Waals surface area (Å²) >= 11 is 0. The average molecular weight is 477 g/mol. The van der Waals surface area contributed by atoms with Crippen molar-refractivity contribution in [3.8, 4) is 0 Å². The molecule has 0 unspecified atom stereocenters. The van der Waals surface area contributed by atoms with Crippen LogP contribution in [0.5, 0.6) is 0 Å². The van der Waals surface area contributed by atoms with Gasteiger partial charge in [-0.2, -0.15) is 4.31 Å². The number of hydrogen-bond acceptors (Lipinski definition) is 7. The van der Waals surface area contributed by atoms with Gasteiger partial charge in [0.2, 0.25) is 15.9 Å². The number of nitro benzene ring substituents is 1. The maximum Gasteiger partial charge on any atom is 0.273 e. The van der Waals surface area contributed by atoms with Gasteiger partial charge in [0.15, 0.2) is 0 Å². The van der Waals surface area contributed by atoms with Gasteiger partial charge in [0.05, 0.1) is 40.8 Å². The molecule has 0 bridgehead atoms. The fraction of sp³-hybridized carbons (Fsp3) is 0.409. The van der Waals surface area contributed by atoms with Crippen molar-refractivity contribution >= 4 is 33.0 Å². The Morgan fingerprint density at radius 2 is 1.82 bits per heavy atom. The van der Waals surface area contributed by atoms with Gasteiger partial charge in [-0.25, -0.2) is 8.42 Å². The first-order valence-corrected chi connectivity index (χ1v) is 12.2. The number of morpholine rings is 1. The van der Waals surface area contributed by atoms with E-state index in [4.69, 9.17) is 4.74 Å². The van der Waals surface area contributed by atoms with E-state index in [1.807, 2.05) is 4.90 Å². The van der Waals surface area contributed by atoms with Gasteiger partial charge in [0.25, 0.3) is 5.69 Å². The number of rotatable bonds is 9. The van der Waals surface area contributed by atoms with Crippen molar-refractivity contribution in [2.75, 3.05) is 49.6 Å². The van der Waals surface area contributed by atoms with E-state index in [1.165, 1.54) is 34.6 Å². The van der Waals surface area contributed by atoms with Gasteiger partial charge in [0.1, 0.15) is 0 Å². The second-order valence-corrected chi connectivity index (χ2v) is 9.42. The molecule has 10 nitrogen and oxygen atoms in total. The summed E-state index contributed by atoms with van der Waals surface area (Å²) in [6.45, 7) is 6.39. The summed E-state index contributed by atoms with van der Waals surface area (Å²) in [6.07, 6.45) is -0.216. The second-order valence-electron chi connectivity index (χ2n) is 7.48. The molecule has 11 heteroatoms. The molecular weight excluding hydrogens is 448 g/mol. The smallest absolute Gasteiger partial charge is 0.273 e. The summed E-state index contributed by atoms with van der Waals surface area (Å²) < 4.78 is 32.8. The zero-order chi connectivity index (χ0) is 24.0. The normalized spacial score (nSPS) is 14.3. The lowest BCUT2D eigenvalue weighted by Gasteiger charge is -2.31. The van der Waals surface area contributed by atoms with Crippen LogP contribution in [0.3, 0.4) is 0 Å². The van der Waals surface area contributed by atoms with Crippen molar-refractivity contribution in [1.82, 2.24) is 4.31 Å². The van der Waals surface area contributed by atoms with Crippen LogP contribution in [0, 0.1) is 10.1 Å². The van der Waals surface area contributed by atoms with E-state index in [9.17, 15) is 23.3 Å². The molecule has 0 spiro atoms. The van der Waals surface area contributed by atoms with Gasteiger partial charge in [0, 0.05) is 37.8 Å². The molecule has 1 amide bonds. The summed E-state index contributed by atoms with van der Waals surface area (Å²) in [5, 5.41) is 14.1. The molecule has 0 aliphatic carbocycles. The van der Waals surface area contributed by atoms with Gasteiger partial charge in [-0.15, -0.1) is 0 Å². The molecule has 1 aliphatic heterocycles. The van der Waals surface area contributed by atoms with E-state index < -0.39 is 20.9 Å². The number of anilines is 2. The highest BCUT2D eigenvalue weighted by Gasteiger charge is 2.25. The number of sulfonamides is 1. The Bertz CT molecular complexity index is 1110. The van der Waals surface area contributed by atoms with Gasteiger partial charge in [-0.3, -0.25) is 14.9 Å². The Balaban J connectivity index is 1.95. The highest BCUT2D eigenvalue weighted by Crippen LogP contribution is 2.31. The monoisotopic (exact) mass is 476 g/mol. The molecule has 2 aromatic carbocycles. The summed E-state index contributed by atoms with van der Waals surface area (Å²) in [5.74, 6) is -0.476. The predicted molar refractivity (Wildman–Crippen MR) is 125 cm³/mol. The van der Waals surface area contributed by atoms with E-state index in [0.29, 0.717) is 50.8 Å². The topological polar surface area (TPSA) is 122 Å². The Morgan fingerprint density at radius 1 is 1.15 bits per heavy atom. The minimum absolute atomic E-state index is 0.0733. The molecule has 1 N–H and O–H groups in total. The number of nitrogens with one attached hydrogen (secondary N) is 1. The zero-order valence-corrected chi connectivity index (χ0v) is 19.5. The van der Waals surface area contributed by atoms with Crippen molar-refractivity contribution < 1.29 is 22.9 Å². The zero-order valence-electron chi connectivity index (χ0n) is 18.7. The standard InChI is InChI=1S/C22H28N4O6S/c1-3-25(4-2)33(30,31)18-9-10-21(24-11-13-32-14-12-24)19(16-18)23-22(27)15-17-7-5-6-8-20(17)26(28)29/h5-10,16H,3-4,11-15H2,1-2H3,(H,23,27). The quantitative estimate of drug-likeness (QED) is 0.436. The maximum atomic E-state index is 13.0. The number of ether oxygens (including phenoxy) is 1. The SMILES string of the molecule is CCN(CC)S(=O)(=O)c1ccc(N2CCOCC2)c(NC(=O)Cc2ccccc2[N+](=O)[O-])c1. The summed E-state index contributed by atoms with van der Waals surface area (Å²) in [4.78, 5) is 25.7. The molecule has 0 atom stereocenters. The first kappa shape index (κ1) is 24.6. The minimum Gasteiger partial charge on any atom is -0.378 e. The van der Waals surface area contributed by atoms with Crippen LogP contribution < -0.4 is 10.2 Å².